The van der Waals surface area contributed by atoms with Crippen molar-refractivity contribution in [2.24, 2.45) is 0 Å². The average molecular weight is 310 g/mol. The lowest BCUT2D eigenvalue weighted by molar-refractivity contribution is 0.0955. The first kappa shape index (κ1) is 16.0. The molecule has 1 aromatic rings. The number of nitrogens with one attached hydrogen (secondary N) is 1. The van der Waals surface area contributed by atoms with Gasteiger partial charge in [-0.3, -0.25) is 4.79 Å². The molecular weight excluding hydrogens is 288 g/mol. The van der Waals surface area contributed by atoms with Crippen molar-refractivity contribution in [2.45, 2.75) is 44.0 Å². The molecule has 0 radical (unpaired) electrons. The molecule has 1 unspecified atom stereocenters. The lowest BCUT2D eigenvalue weighted by Crippen LogP contribution is -2.41. The van der Waals surface area contributed by atoms with Crippen LogP contribution >= 0.6 is 0 Å². The Hall–Kier alpha value is -1.40. The molecule has 1 N–H and O–H groups in total. The van der Waals surface area contributed by atoms with E-state index >= 15 is 0 Å². The minimum absolute atomic E-state index is 0.0341. The molecule has 0 aromatic heterocycles. The largest absolute Gasteiger partial charge is 0.352 e. The molecule has 1 saturated heterocycles. The van der Waals surface area contributed by atoms with Crippen LogP contribution in [0.15, 0.2) is 29.2 Å². The van der Waals surface area contributed by atoms with E-state index in [2.05, 4.69) is 5.32 Å². The molecule has 2 rings (SSSR count). The van der Waals surface area contributed by atoms with Gasteiger partial charge in [0.15, 0.2) is 0 Å². The van der Waals surface area contributed by atoms with Gasteiger partial charge in [-0.05, 0) is 51.0 Å². The van der Waals surface area contributed by atoms with E-state index in [0.717, 1.165) is 19.3 Å². The Balaban J connectivity index is 2.22. The maximum Gasteiger partial charge on any atom is 0.251 e. The number of amides is 1. The zero-order chi connectivity index (χ0) is 15.5. The fourth-order valence-electron chi connectivity index (χ4n) is 2.61. The maximum atomic E-state index is 12.6. The third-order valence-corrected chi connectivity index (χ3v) is 5.83. The predicted octanol–water partition coefficient (Wildman–Crippen LogP) is 2.00. The number of sulfonamides is 1. The number of piperidine rings is 1. The molecule has 116 valence electrons. The SMILES string of the molecule is CCNC(=O)c1ccc(S(=O)(=O)N2CCCCC2C)cc1. The summed E-state index contributed by atoms with van der Waals surface area (Å²) in [5.41, 5.74) is 0.475. The summed E-state index contributed by atoms with van der Waals surface area (Å²) in [5.74, 6) is -0.187. The highest BCUT2D eigenvalue weighted by atomic mass is 32.2. The molecule has 1 aromatic carbocycles. The van der Waals surface area contributed by atoms with E-state index in [1.54, 1.807) is 16.4 Å². The van der Waals surface area contributed by atoms with Gasteiger partial charge in [-0.15, -0.1) is 0 Å². The van der Waals surface area contributed by atoms with Crippen LogP contribution < -0.4 is 5.32 Å². The topological polar surface area (TPSA) is 66.5 Å². The van der Waals surface area contributed by atoms with Crippen LogP contribution in [0, 0.1) is 0 Å². The van der Waals surface area contributed by atoms with E-state index in [1.807, 2.05) is 13.8 Å². The number of benzene rings is 1. The van der Waals surface area contributed by atoms with E-state index in [0.29, 0.717) is 18.7 Å². The summed E-state index contributed by atoms with van der Waals surface area (Å²) in [6.45, 7) is 4.90. The average Bonchev–Trinajstić information content (AvgIpc) is 2.48. The lowest BCUT2D eigenvalue weighted by Gasteiger charge is -2.32. The van der Waals surface area contributed by atoms with Gasteiger partial charge in [0.2, 0.25) is 10.0 Å². The molecule has 0 spiro atoms. The second kappa shape index (κ2) is 6.58. The Morgan fingerprint density at radius 2 is 1.95 bits per heavy atom. The maximum absolute atomic E-state index is 12.6. The molecule has 6 heteroatoms. The molecule has 0 aliphatic carbocycles. The van der Waals surface area contributed by atoms with Crippen molar-refractivity contribution in [3.8, 4) is 0 Å². The van der Waals surface area contributed by atoms with Crippen LogP contribution in [0.1, 0.15) is 43.5 Å². The van der Waals surface area contributed by atoms with Gasteiger partial charge in [-0.2, -0.15) is 4.31 Å². The zero-order valence-electron chi connectivity index (χ0n) is 12.5. The first-order valence-electron chi connectivity index (χ1n) is 7.37. The Bertz CT molecular complexity index is 596. The molecule has 5 nitrogen and oxygen atoms in total. The molecular formula is C15H22N2O3S. The van der Waals surface area contributed by atoms with Crippen molar-refractivity contribution < 1.29 is 13.2 Å². The van der Waals surface area contributed by atoms with Gasteiger partial charge in [0, 0.05) is 24.7 Å². The Morgan fingerprint density at radius 3 is 2.52 bits per heavy atom. The van der Waals surface area contributed by atoms with Crippen LogP contribution in [0.5, 0.6) is 0 Å². The van der Waals surface area contributed by atoms with Gasteiger partial charge >= 0.3 is 0 Å². The van der Waals surface area contributed by atoms with E-state index in [1.165, 1.54) is 12.1 Å². The van der Waals surface area contributed by atoms with Crippen molar-refractivity contribution in [2.75, 3.05) is 13.1 Å². The number of hydrogen-bond acceptors (Lipinski definition) is 3. The minimum Gasteiger partial charge on any atom is -0.352 e. The van der Waals surface area contributed by atoms with Crippen LogP contribution in [-0.2, 0) is 10.0 Å². The zero-order valence-corrected chi connectivity index (χ0v) is 13.3. The standard InChI is InChI=1S/C15H22N2O3S/c1-3-16-15(18)13-7-9-14(10-8-13)21(19,20)17-11-5-4-6-12(17)2/h7-10,12H,3-6,11H2,1-2H3,(H,16,18). The van der Waals surface area contributed by atoms with Gasteiger partial charge in [-0.1, -0.05) is 6.42 Å². The van der Waals surface area contributed by atoms with Crippen molar-refractivity contribution in [3.63, 3.8) is 0 Å². The highest BCUT2D eigenvalue weighted by Crippen LogP contribution is 2.25. The van der Waals surface area contributed by atoms with Crippen LogP contribution in [-0.4, -0.2) is 37.8 Å². The van der Waals surface area contributed by atoms with Crippen molar-refractivity contribution in [1.82, 2.24) is 9.62 Å². The second-order valence-corrected chi connectivity index (χ2v) is 7.23. The third-order valence-electron chi connectivity index (χ3n) is 3.80. The molecule has 1 amide bonds. The molecule has 1 fully saturated rings. The number of carbonyl (C=O) groups is 1. The van der Waals surface area contributed by atoms with Crippen molar-refractivity contribution in [3.05, 3.63) is 29.8 Å². The molecule has 21 heavy (non-hydrogen) atoms. The number of nitrogens with zero attached hydrogens (tertiary/aromatic N) is 1. The first-order chi connectivity index (χ1) is 9.96. The Morgan fingerprint density at radius 1 is 1.29 bits per heavy atom. The van der Waals surface area contributed by atoms with Gasteiger partial charge in [0.05, 0.1) is 4.90 Å². The minimum atomic E-state index is -3.46. The predicted molar refractivity (Wildman–Crippen MR) is 81.7 cm³/mol. The molecule has 1 aliphatic heterocycles. The van der Waals surface area contributed by atoms with Gasteiger partial charge in [0.1, 0.15) is 0 Å². The second-order valence-electron chi connectivity index (χ2n) is 5.34. The molecule has 0 saturated carbocycles. The number of carbonyl (C=O) groups excluding carboxylic acids is 1. The molecule has 1 atom stereocenters. The summed E-state index contributed by atoms with van der Waals surface area (Å²) in [5, 5.41) is 2.69. The number of rotatable bonds is 4. The third kappa shape index (κ3) is 3.44. The van der Waals surface area contributed by atoms with E-state index in [9.17, 15) is 13.2 Å². The smallest absolute Gasteiger partial charge is 0.251 e. The van der Waals surface area contributed by atoms with Crippen LogP contribution in [0.3, 0.4) is 0 Å². The van der Waals surface area contributed by atoms with E-state index in [4.69, 9.17) is 0 Å². The van der Waals surface area contributed by atoms with Crippen LogP contribution in [0.25, 0.3) is 0 Å². The highest BCUT2D eigenvalue weighted by Gasteiger charge is 2.30. The summed E-state index contributed by atoms with van der Waals surface area (Å²) in [6, 6.07) is 6.19. The summed E-state index contributed by atoms with van der Waals surface area (Å²) < 4.78 is 26.8. The van der Waals surface area contributed by atoms with Crippen LogP contribution in [0.4, 0.5) is 0 Å². The van der Waals surface area contributed by atoms with E-state index < -0.39 is 10.0 Å². The van der Waals surface area contributed by atoms with Crippen molar-refractivity contribution >= 4 is 15.9 Å². The molecule has 0 bridgehead atoms. The van der Waals surface area contributed by atoms with Gasteiger partial charge < -0.3 is 5.32 Å². The monoisotopic (exact) mass is 310 g/mol. The quantitative estimate of drug-likeness (QED) is 0.925. The van der Waals surface area contributed by atoms with Crippen molar-refractivity contribution in [1.29, 1.82) is 0 Å². The fourth-order valence-corrected chi connectivity index (χ4v) is 4.30. The summed E-state index contributed by atoms with van der Waals surface area (Å²) >= 11 is 0. The first-order valence-corrected chi connectivity index (χ1v) is 8.81. The normalized spacial score (nSPS) is 20.2. The Labute approximate surface area is 126 Å². The highest BCUT2D eigenvalue weighted by molar-refractivity contribution is 7.89. The fraction of sp³-hybridized carbons (Fsp3) is 0.533. The summed E-state index contributed by atoms with van der Waals surface area (Å²) in [4.78, 5) is 11.9. The summed E-state index contributed by atoms with van der Waals surface area (Å²) in [6.07, 6.45) is 2.88. The molecule has 1 heterocycles. The number of hydrogen-bond donors (Lipinski definition) is 1. The summed E-state index contributed by atoms with van der Waals surface area (Å²) in [7, 11) is -3.46. The Kier molecular flexibility index (Phi) is 5.00. The van der Waals surface area contributed by atoms with Crippen LogP contribution in [0.2, 0.25) is 0 Å². The lowest BCUT2D eigenvalue weighted by atomic mass is 10.1. The van der Waals surface area contributed by atoms with Gasteiger partial charge in [0.25, 0.3) is 5.91 Å². The van der Waals surface area contributed by atoms with E-state index in [-0.39, 0.29) is 16.8 Å². The van der Waals surface area contributed by atoms with Gasteiger partial charge in [-0.25, -0.2) is 8.42 Å². The molecule has 1 aliphatic rings.